The van der Waals surface area contributed by atoms with E-state index in [4.69, 9.17) is 0 Å². The summed E-state index contributed by atoms with van der Waals surface area (Å²) in [5, 5.41) is 3.45. The van der Waals surface area contributed by atoms with Gasteiger partial charge in [0.05, 0.1) is 0 Å². The molecule has 1 N–H and O–H groups in total. The predicted molar refractivity (Wildman–Crippen MR) is 92.7 cm³/mol. The van der Waals surface area contributed by atoms with Crippen molar-refractivity contribution in [2.24, 2.45) is 0 Å². The van der Waals surface area contributed by atoms with Crippen molar-refractivity contribution in [2.45, 2.75) is 38.6 Å². The molecular formula is C17H22BrNS. The van der Waals surface area contributed by atoms with Gasteiger partial charge in [0.2, 0.25) is 0 Å². The zero-order valence-corrected chi connectivity index (χ0v) is 14.9. The Morgan fingerprint density at radius 2 is 1.95 bits per heavy atom. The van der Waals surface area contributed by atoms with Gasteiger partial charge in [-0.15, -0.1) is 11.3 Å². The molecule has 0 fully saturated rings. The summed E-state index contributed by atoms with van der Waals surface area (Å²) in [6, 6.07) is 13.5. The zero-order chi connectivity index (χ0) is 14.8. The van der Waals surface area contributed by atoms with Crippen molar-refractivity contribution in [3.8, 4) is 0 Å². The molecule has 0 spiro atoms. The number of thiophene rings is 1. The molecule has 0 saturated heterocycles. The third-order valence-electron chi connectivity index (χ3n) is 3.39. The topological polar surface area (TPSA) is 12.0 Å². The SMILES string of the molecule is CNC(Cc1cccc(Br)c1)c1ccc(C(C)(C)C)s1. The van der Waals surface area contributed by atoms with Crippen molar-refractivity contribution in [3.63, 3.8) is 0 Å². The van der Waals surface area contributed by atoms with Gasteiger partial charge < -0.3 is 5.32 Å². The van der Waals surface area contributed by atoms with E-state index in [1.54, 1.807) is 0 Å². The van der Waals surface area contributed by atoms with Gasteiger partial charge in [-0.2, -0.15) is 0 Å². The van der Waals surface area contributed by atoms with Gasteiger partial charge in [0.25, 0.3) is 0 Å². The molecule has 20 heavy (non-hydrogen) atoms. The predicted octanol–water partition coefficient (Wildman–Crippen LogP) is 5.31. The lowest BCUT2D eigenvalue weighted by Gasteiger charge is -2.17. The normalized spacial score (nSPS) is 13.4. The lowest BCUT2D eigenvalue weighted by Crippen LogP contribution is -2.17. The van der Waals surface area contributed by atoms with E-state index in [1.807, 2.05) is 18.4 Å². The van der Waals surface area contributed by atoms with Crippen LogP contribution in [-0.4, -0.2) is 7.05 Å². The maximum Gasteiger partial charge on any atom is 0.0453 e. The van der Waals surface area contributed by atoms with Crippen LogP contribution in [0.3, 0.4) is 0 Å². The molecule has 0 aliphatic carbocycles. The Morgan fingerprint density at radius 1 is 1.20 bits per heavy atom. The summed E-state index contributed by atoms with van der Waals surface area (Å²) in [5.41, 5.74) is 1.58. The highest BCUT2D eigenvalue weighted by Gasteiger charge is 2.19. The van der Waals surface area contributed by atoms with Crippen LogP contribution in [0.25, 0.3) is 0 Å². The lowest BCUT2D eigenvalue weighted by molar-refractivity contribution is 0.601. The van der Waals surface area contributed by atoms with Crippen molar-refractivity contribution in [1.82, 2.24) is 5.32 Å². The Hall–Kier alpha value is -0.640. The summed E-state index contributed by atoms with van der Waals surface area (Å²) in [6.07, 6.45) is 1.01. The summed E-state index contributed by atoms with van der Waals surface area (Å²) in [7, 11) is 2.04. The molecule has 1 unspecified atom stereocenters. The minimum atomic E-state index is 0.233. The molecule has 1 aromatic heterocycles. The Balaban J connectivity index is 2.18. The van der Waals surface area contributed by atoms with Crippen LogP contribution in [0.4, 0.5) is 0 Å². The monoisotopic (exact) mass is 351 g/mol. The maximum atomic E-state index is 3.54. The van der Waals surface area contributed by atoms with Crippen LogP contribution < -0.4 is 5.32 Å². The van der Waals surface area contributed by atoms with Gasteiger partial charge >= 0.3 is 0 Å². The van der Waals surface area contributed by atoms with Crippen LogP contribution in [0.2, 0.25) is 0 Å². The molecule has 108 valence electrons. The van der Waals surface area contributed by atoms with Crippen LogP contribution in [-0.2, 0) is 11.8 Å². The molecule has 3 heteroatoms. The van der Waals surface area contributed by atoms with Crippen LogP contribution in [0.5, 0.6) is 0 Å². The zero-order valence-electron chi connectivity index (χ0n) is 12.5. The van der Waals surface area contributed by atoms with Crippen LogP contribution >= 0.6 is 27.3 Å². The summed E-state index contributed by atoms with van der Waals surface area (Å²) in [4.78, 5) is 2.86. The summed E-state index contributed by atoms with van der Waals surface area (Å²) in [5.74, 6) is 0. The number of halogens is 1. The third-order valence-corrected chi connectivity index (χ3v) is 5.50. The Morgan fingerprint density at radius 3 is 2.50 bits per heavy atom. The Labute approximate surface area is 134 Å². The Kier molecular flexibility index (Phi) is 5.05. The molecule has 1 heterocycles. The van der Waals surface area contributed by atoms with Crippen molar-refractivity contribution >= 4 is 27.3 Å². The van der Waals surface area contributed by atoms with Crippen molar-refractivity contribution < 1.29 is 0 Å². The minimum absolute atomic E-state index is 0.233. The van der Waals surface area contributed by atoms with Crippen LogP contribution in [0.15, 0.2) is 40.9 Å². The first kappa shape index (κ1) is 15.7. The molecule has 0 radical (unpaired) electrons. The van der Waals surface area contributed by atoms with E-state index in [1.165, 1.54) is 15.3 Å². The van der Waals surface area contributed by atoms with Gasteiger partial charge in [-0.05, 0) is 48.7 Å². The fourth-order valence-electron chi connectivity index (χ4n) is 2.19. The summed E-state index contributed by atoms with van der Waals surface area (Å²) < 4.78 is 1.14. The van der Waals surface area contributed by atoms with Gasteiger partial charge in [0, 0.05) is 20.3 Å². The smallest absolute Gasteiger partial charge is 0.0453 e. The molecule has 0 aliphatic heterocycles. The molecule has 1 atom stereocenters. The van der Waals surface area contributed by atoms with Gasteiger partial charge in [-0.3, -0.25) is 0 Å². The second-order valence-electron chi connectivity index (χ2n) is 6.13. The molecule has 1 aromatic carbocycles. The van der Waals surface area contributed by atoms with E-state index in [0.29, 0.717) is 6.04 Å². The first-order valence-electron chi connectivity index (χ1n) is 6.92. The maximum absolute atomic E-state index is 3.54. The average molecular weight is 352 g/mol. The Bertz CT molecular complexity index is 568. The number of rotatable bonds is 4. The molecule has 0 aliphatic rings. The van der Waals surface area contributed by atoms with E-state index in [9.17, 15) is 0 Å². The van der Waals surface area contributed by atoms with Crippen molar-refractivity contribution in [1.29, 1.82) is 0 Å². The number of hydrogen-bond acceptors (Lipinski definition) is 2. The van der Waals surface area contributed by atoms with Crippen LogP contribution in [0.1, 0.15) is 42.1 Å². The summed E-state index contributed by atoms with van der Waals surface area (Å²) in [6.45, 7) is 6.81. The number of hydrogen-bond donors (Lipinski definition) is 1. The lowest BCUT2D eigenvalue weighted by atomic mass is 9.95. The molecular weight excluding hydrogens is 330 g/mol. The quantitative estimate of drug-likeness (QED) is 0.786. The minimum Gasteiger partial charge on any atom is -0.312 e. The molecule has 2 aromatic rings. The summed E-state index contributed by atoms with van der Waals surface area (Å²) >= 11 is 5.46. The first-order valence-corrected chi connectivity index (χ1v) is 8.53. The van der Waals surface area contributed by atoms with Gasteiger partial charge in [-0.1, -0.05) is 48.8 Å². The van der Waals surface area contributed by atoms with E-state index in [-0.39, 0.29) is 5.41 Å². The second kappa shape index (κ2) is 6.42. The highest BCUT2D eigenvalue weighted by molar-refractivity contribution is 9.10. The fourth-order valence-corrected chi connectivity index (χ4v) is 3.81. The highest BCUT2D eigenvalue weighted by Crippen LogP contribution is 2.33. The van der Waals surface area contributed by atoms with Crippen LogP contribution in [0, 0.1) is 0 Å². The van der Waals surface area contributed by atoms with E-state index in [2.05, 4.69) is 78.4 Å². The fraction of sp³-hybridized carbons (Fsp3) is 0.412. The van der Waals surface area contributed by atoms with Gasteiger partial charge in [0.1, 0.15) is 0 Å². The molecule has 0 saturated carbocycles. The molecule has 2 rings (SSSR count). The number of nitrogens with one attached hydrogen (secondary N) is 1. The number of benzene rings is 1. The average Bonchev–Trinajstić information content (AvgIpc) is 2.85. The van der Waals surface area contributed by atoms with E-state index in [0.717, 1.165) is 10.9 Å². The standard InChI is InChI=1S/C17H22BrNS/c1-17(2,3)16-9-8-15(20-16)14(19-4)11-12-6-5-7-13(18)10-12/h5-10,14,19H,11H2,1-4H3. The highest BCUT2D eigenvalue weighted by atomic mass is 79.9. The largest absolute Gasteiger partial charge is 0.312 e. The van der Waals surface area contributed by atoms with Gasteiger partial charge in [0.15, 0.2) is 0 Å². The van der Waals surface area contributed by atoms with E-state index < -0.39 is 0 Å². The molecule has 0 amide bonds. The molecule has 0 bridgehead atoms. The van der Waals surface area contributed by atoms with Crippen molar-refractivity contribution in [3.05, 3.63) is 56.2 Å². The number of likely N-dealkylation sites (N-methyl/N-ethyl adjacent to an activating group) is 1. The van der Waals surface area contributed by atoms with Crippen molar-refractivity contribution in [2.75, 3.05) is 7.05 Å². The first-order chi connectivity index (χ1) is 9.40. The second-order valence-corrected chi connectivity index (χ2v) is 8.16. The van der Waals surface area contributed by atoms with Gasteiger partial charge in [-0.25, -0.2) is 0 Å². The van der Waals surface area contributed by atoms with E-state index >= 15 is 0 Å². The third kappa shape index (κ3) is 3.94. The molecule has 1 nitrogen and oxygen atoms in total.